The third-order valence-corrected chi connectivity index (χ3v) is 4.37. The Balaban J connectivity index is 1.78. The average Bonchev–Trinajstić information content (AvgIpc) is 2.83. The van der Waals surface area contributed by atoms with Crippen molar-refractivity contribution in [2.75, 3.05) is 6.61 Å². The van der Waals surface area contributed by atoms with Crippen molar-refractivity contribution in [1.82, 2.24) is 10.3 Å². The van der Waals surface area contributed by atoms with Gasteiger partial charge in [0.2, 0.25) is 0 Å². The van der Waals surface area contributed by atoms with E-state index in [9.17, 15) is 0 Å². The third-order valence-electron chi connectivity index (χ3n) is 3.41. The average molecular weight is 240 g/mol. The molecule has 0 bridgehead atoms. The summed E-state index contributed by atoms with van der Waals surface area (Å²) >= 11 is 1.71. The largest absolute Gasteiger partial charge is 0.396 e. The number of nitrogens with zero attached hydrogens (tertiary/aromatic N) is 1. The third kappa shape index (κ3) is 3.03. The van der Waals surface area contributed by atoms with Crippen LogP contribution in [0.2, 0.25) is 0 Å². The van der Waals surface area contributed by atoms with Gasteiger partial charge in [0.25, 0.3) is 0 Å². The molecule has 90 valence electrons. The van der Waals surface area contributed by atoms with Gasteiger partial charge in [-0.3, -0.25) is 0 Å². The van der Waals surface area contributed by atoms with Crippen LogP contribution in [0.3, 0.4) is 0 Å². The highest BCUT2D eigenvalue weighted by atomic mass is 32.1. The molecule has 1 aromatic rings. The number of aliphatic hydroxyl groups is 1. The van der Waals surface area contributed by atoms with Gasteiger partial charge in [-0.25, -0.2) is 4.98 Å². The molecule has 1 aliphatic rings. The first kappa shape index (κ1) is 12.0. The van der Waals surface area contributed by atoms with Gasteiger partial charge < -0.3 is 10.4 Å². The number of nitrogens with one attached hydrogen (secondary N) is 1. The predicted octanol–water partition coefficient (Wildman–Crippen LogP) is 2.34. The van der Waals surface area contributed by atoms with Crippen LogP contribution in [0.15, 0.2) is 11.6 Å². The highest BCUT2D eigenvalue weighted by molar-refractivity contribution is 7.09. The summed E-state index contributed by atoms with van der Waals surface area (Å²) in [5.41, 5.74) is 0. The fourth-order valence-electron chi connectivity index (χ4n) is 2.38. The number of aromatic nitrogens is 1. The molecule has 0 radical (unpaired) electrons. The molecule has 0 amide bonds. The molecule has 1 fully saturated rings. The molecule has 1 aliphatic carbocycles. The zero-order valence-corrected chi connectivity index (χ0v) is 10.5. The molecule has 0 saturated heterocycles. The molecule has 0 spiro atoms. The maximum Gasteiger partial charge on any atom is 0.109 e. The van der Waals surface area contributed by atoms with Crippen LogP contribution >= 0.6 is 11.3 Å². The SMILES string of the molecule is CC(NC1CCC(CO)CC1)c1nccs1. The van der Waals surface area contributed by atoms with Crippen LogP contribution in [0.5, 0.6) is 0 Å². The van der Waals surface area contributed by atoms with Gasteiger partial charge in [-0.1, -0.05) is 0 Å². The smallest absolute Gasteiger partial charge is 0.109 e. The van der Waals surface area contributed by atoms with E-state index >= 15 is 0 Å². The summed E-state index contributed by atoms with van der Waals surface area (Å²) in [6.07, 6.45) is 6.53. The van der Waals surface area contributed by atoms with Crippen LogP contribution in [-0.4, -0.2) is 22.7 Å². The second-order valence-electron chi connectivity index (χ2n) is 4.66. The zero-order chi connectivity index (χ0) is 11.4. The van der Waals surface area contributed by atoms with Crippen molar-refractivity contribution in [3.63, 3.8) is 0 Å². The lowest BCUT2D eigenvalue weighted by atomic mass is 9.86. The van der Waals surface area contributed by atoms with E-state index in [1.807, 2.05) is 11.6 Å². The molecule has 16 heavy (non-hydrogen) atoms. The fraction of sp³-hybridized carbons (Fsp3) is 0.750. The van der Waals surface area contributed by atoms with Crippen molar-refractivity contribution in [3.05, 3.63) is 16.6 Å². The Morgan fingerprint density at radius 3 is 2.81 bits per heavy atom. The van der Waals surface area contributed by atoms with E-state index in [0.717, 1.165) is 12.8 Å². The summed E-state index contributed by atoms with van der Waals surface area (Å²) in [5, 5.41) is 15.9. The van der Waals surface area contributed by atoms with Crippen molar-refractivity contribution in [2.45, 2.75) is 44.7 Å². The summed E-state index contributed by atoms with van der Waals surface area (Å²) in [7, 11) is 0. The minimum absolute atomic E-state index is 0.356. The highest BCUT2D eigenvalue weighted by Gasteiger charge is 2.22. The summed E-state index contributed by atoms with van der Waals surface area (Å²) in [4.78, 5) is 4.33. The monoisotopic (exact) mass is 240 g/mol. The van der Waals surface area contributed by atoms with E-state index in [0.29, 0.717) is 24.6 Å². The topological polar surface area (TPSA) is 45.1 Å². The second kappa shape index (κ2) is 5.75. The molecule has 0 aromatic carbocycles. The van der Waals surface area contributed by atoms with Crippen LogP contribution in [0.4, 0.5) is 0 Å². The number of hydrogen-bond donors (Lipinski definition) is 2. The van der Waals surface area contributed by atoms with Crippen molar-refractivity contribution in [2.24, 2.45) is 5.92 Å². The van der Waals surface area contributed by atoms with Gasteiger partial charge in [0.1, 0.15) is 5.01 Å². The number of hydrogen-bond acceptors (Lipinski definition) is 4. The summed E-state index contributed by atoms with van der Waals surface area (Å²) in [5.74, 6) is 0.535. The van der Waals surface area contributed by atoms with E-state index in [4.69, 9.17) is 5.11 Å². The lowest BCUT2D eigenvalue weighted by molar-refractivity contribution is 0.172. The Morgan fingerprint density at radius 1 is 1.50 bits per heavy atom. The van der Waals surface area contributed by atoms with Crippen LogP contribution < -0.4 is 5.32 Å². The molecule has 1 heterocycles. The first-order valence-electron chi connectivity index (χ1n) is 6.06. The van der Waals surface area contributed by atoms with Crippen molar-refractivity contribution in [3.8, 4) is 0 Å². The highest BCUT2D eigenvalue weighted by Crippen LogP contribution is 2.26. The summed E-state index contributed by atoms with van der Waals surface area (Å²) in [6, 6.07) is 0.956. The molecular weight excluding hydrogens is 220 g/mol. The second-order valence-corrected chi connectivity index (χ2v) is 5.59. The molecule has 3 nitrogen and oxygen atoms in total. The molecule has 2 N–H and O–H groups in total. The van der Waals surface area contributed by atoms with Gasteiger partial charge in [-0.2, -0.15) is 0 Å². The molecular formula is C12H20N2OS. The Bertz CT molecular complexity index is 294. The first-order valence-corrected chi connectivity index (χ1v) is 6.94. The van der Waals surface area contributed by atoms with Crippen molar-refractivity contribution in [1.29, 1.82) is 0 Å². The lowest BCUT2D eigenvalue weighted by Gasteiger charge is -2.29. The molecule has 2 rings (SSSR count). The van der Waals surface area contributed by atoms with Crippen LogP contribution in [0.25, 0.3) is 0 Å². The van der Waals surface area contributed by atoms with Gasteiger partial charge >= 0.3 is 0 Å². The fourth-order valence-corrected chi connectivity index (χ4v) is 3.04. The lowest BCUT2D eigenvalue weighted by Crippen LogP contribution is -2.35. The quantitative estimate of drug-likeness (QED) is 0.849. The summed E-state index contributed by atoms with van der Waals surface area (Å²) in [6.45, 7) is 2.53. The molecule has 0 aliphatic heterocycles. The number of thiazole rings is 1. The molecule has 1 unspecified atom stereocenters. The van der Waals surface area contributed by atoms with Crippen molar-refractivity contribution >= 4 is 11.3 Å². The summed E-state index contributed by atoms with van der Waals surface area (Å²) < 4.78 is 0. The Hall–Kier alpha value is -0.450. The van der Waals surface area contributed by atoms with E-state index in [1.54, 1.807) is 11.3 Å². The minimum atomic E-state index is 0.356. The zero-order valence-electron chi connectivity index (χ0n) is 9.72. The van der Waals surface area contributed by atoms with Crippen molar-refractivity contribution < 1.29 is 5.11 Å². The van der Waals surface area contributed by atoms with E-state index in [2.05, 4.69) is 17.2 Å². The molecule has 4 heteroatoms. The Morgan fingerprint density at radius 2 is 2.25 bits per heavy atom. The predicted molar refractivity (Wildman–Crippen MR) is 66.5 cm³/mol. The van der Waals surface area contributed by atoms with Gasteiger partial charge in [-0.15, -0.1) is 11.3 Å². The molecule has 1 aromatic heterocycles. The normalized spacial score (nSPS) is 27.9. The van der Waals surface area contributed by atoms with Gasteiger partial charge in [-0.05, 0) is 38.5 Å². The van der Waals surface area contributed by atoms with E-state index in [-0.39, 0.29) is 0 Å². The minimum Gasteiger partial charge on any atom is -0.396 e. The number of rotatable bonds is 4. The van der Waals surface area contributed by atoms with E-state index in [1.165, 1.54) is 17.8 Å². The standard InChI is InChI=1S/C12H20N2OS/c1-9(12-13-6-7-16-12)14-11-4-2-10(8-15)3-5-11/h6-7,9-11,14-15H,2-5,8H2,1H3. The Kier molecular flexibility index (Phi) is 4.32. The Labute approximate surface area is 101 Å². The maximum atomic E-state index is 9.08. The van der Waals surface area contributed by atoms with Crippen LogP contribution in [-0.2, 0) is 0 Å². The van der Waals surface area contributed by atoms with Crippen LogP contribution in [0.1, 0.15) is 43.7 Å². The first-order chi connectivity index (χ1) is 7.79. The van der Waals surface area contributed by atoms with E-state index < -0.39 is 0 Å². The maximum absolute atomic E-state index is 9.08. The number of aliphatic hydroxyl groups excluding tert-OH is 1. The molecule has 1 atom stereocenters. The van der Waals surface area contributed by atoms with Crippen LogP contribution in [0, 0.1) is 5.92 Å². The molecule has 1 saturated carbocycles. The van der Waals surface area contributed by atoms with Gasteiger partial charge in [0.05, 0.1) is 6.04 Å². The van der Waals surface area contributed by atoms with Gasteiger partial charge in [0.15, 0.2) is 0 Å². The van der Waals surface area contributed by atoms with Gasteiger partial charge in [0, 0.05) is 24.2 Å².